The molecule has 33 heavy (non-hydrogen) atoms. The molecule has 162 valence electrons. The van der Waals surface area contributed by atoms with Crippen LogP contribution in [-0.2, 0) is 0 Å². The van der Waals surface area contributed by atoms with Crippen molar-refractivity contribution in [3.05, 3.63) is 97.4 Å². The molecule has 4 rings (SSSR count). The smallest absolute Gasteiger partial charge is 0.318 e. The second-order valence-electron chi connectivity index (χ2n) is 6.61. The lowest BCUT2D eigenvalue weighted by Crippen LogP contribution is -1.97. The minimum atomic E-state index is -0.785. The van der Waals surface area contributed by atoms with Crippen LogP contribution in [0.4, 0.5) is 11.4 Å². The van der Waals surface area contributed by atoms with E-state index in [-0.39, 0.29) is 23.0 Å². The van der Waals surface area contributed by atoms with E-state index in [1.54, 1.807) is 24.3 Å². The van der Waals surface area contributed by atoms with E-state index in [2.05, 4.69) is 4.98 Å². The van der Waals surface area contributed by atoms with E-state index < -0.39 is 21.2 Å². The van der Waals surface area contributed by atoms with Crippen LogP contribution < -0.4 is 4.74 Å². The van der Waals surface area contributed by atoms with Crippen molar-refractivity contribution in [2.75, 3.05) is 0 Å². The molecule has 0 aliphatic carbocycles. The molecule has 0 amide bonds. The van der Waals surface area contributed by atoms with Crippen LogP contribution in [-0.4, -0.2) is 14.8 Å². The highest BCUT2D eigenvalue weighted by Gasteiger charge is 2.22. The van der Waals surface area contributed by atoms with Gasteiger partial charge in [-0.2, -0.15) is 5.26 Å². The van der Waals surface area contributed by atoms with E-state index >= 15 is 0 Å². The predicted octanol–water partition coefficient (Wildman–Crippen LogP) is 6.15. The number of aromatic nitrogens is 1. The van der Waals surface area contributed by atoms with Gasteiger partial charge in [0.15, 0.2) is 5.58 Å². The highest BCUT2D eigenvalue weighted by atomic mass is 35.5. The van der Waals surface area contributed by atoms with E-state index in [1.807, 2.05) is 6.07 Å². The number of rotatable bonds is 6. The van der Waals surface area contributed by atoms with Crippen LogP contribution in [0.2, 0.25) is 5.02 Å². The summed E-state index contributed by atoms with van der Waals surface area (Å²) in [5, 5.41) is 32.4. The number of oxazole rings is 1. The highest BCUT2D eigenvalue weighted by Crippen LogP contribution is 2.37. The molecule has 1 heterocycles. The third-order valence-corrected chi connectivity index (χ3v) is 4.72. The Kier molecular flexibility index (Phi) is 5.71. The number of nitro benzene ring substituents is 2. The fourth-order valence-corrected chi connectivity index (χ4v) is 3.16. The van der Waals surface area contributed by atoms with Crippen LogP contribution in [0.25, 0.3) is 22.7 Å². The summed E-state index contributed by atoms with van der Waals surface area (Å²) >= 11 is 6.10. The summed E-state index contributed by atoms with van der Waals surface area (Å²) in [5.41, 5.74) is 0.405. The number of hydrogen-bond acceptors (Lipinski definition) is 8. The number of benzene rings is 3. The van der Waals surface area contributed by atoms with Crippen molar-refractivity contribution < 1.29 is 19.0 Å². The van der Waals surface area contributed by atoms with Crippen molar-refractivity contribution in [2.45, 2.75) is 0 Å². The first-order valence-corrected chi connectivity index (χ1v) is 9.61. The topological polar surface area (TPSA) is 145 Å². The summed E-state index contributed by atoms with van der Waals surface area (Å²) in [6, 6.07) is 16.5. The fourth-order valence-electron chi connectivity index (χ4n) is 2.98. The molecule has 3 aromatic carbocycles. The van der Waals surface area contributed by atoms with Gasteiger partial charge >= 0.3 is 5.69 Å². The zero-order valence-corrected chi connectivity index (χ0v) is 17.2. The van der Waals surface area contributed by atoms with Gasteiger partial charge in [-0.3, -0.25) is 20.2 Å². The number of fused-ring (bicyclic) bond motifs is 1. The summed E-state index contributed by atoms with van der Waals surface area (Å²) in [6.45, 7) is 0. The lowest BCUT2D eigenvalue weighted by Gasteiger charge is -2.10. The van der Waals surface area contributed by atoms with Crippen molar-refractivity contribution in [3.8, 4) is 17.6 Å². The average molecular weight is 463 g/mol. The Morgan fingerprint density at radius 1 is 1.06 bits per heavy atom. The lowest BCUT2D eigenvalue weighted by molar-refractivity contribution is -0.394. The summed E-state index contributed by atoms with van der Waals surface area (Å²) in [6.07, 6.45) is 1.42. The largest absolute Gasteiger partial charge is 0.449 e. The maximum absolute atomic E-state index is 11.4. The Morgan fingerprint density at radius 2 is 1.82 bits per heavy atom. The molecule has 4 aromatic rings. The number of ether oxygens (including phenoxy) is 1. The van der Waals surface area contributed by atoms with Crippen LogP contribution in [0.5, 0.6) is 11.5 Å². The molecule has 0 unspecified atom stereocenters. The van der Waals surface area contributed by atoms with Crippen LogP contribution >= 0.6 is 11.6 Å². The van der Waals surface area contributed by atoms with Crippen LogP contribution in [0.15, 0.2) is 65.1 Å². The van der Waals surface area contributed by atoms with Gasteiger partial charge in [0.05, 0.1) is 15.9 Å². The standard InChI is InChI=1S/C22H11ClN4O6/c23-15-5-7-19(32-21-8-6-16(26(28)29)11-18(21)27(30)31)13(10-15)9-14(12-24)22-25-17-3-1-2-4-20(17)33-22/h1-11H/b14-9+. The molecule has 0 N–H and O–H groups in total. The Hall–Kier alpha value is -4.75. The first kappa shape index (κ1) is 21.5. The molecular formula is C22H11ClN4O6. The minimum absolute atomic E-state index is 0.0662. The monoisotopic (exact) mass is 462 g/mol. The van der Waals surface area contributed by atoms with Gasteiger partial charge in [0.25, 0.3) is 5.69 Å². The normalized spacial score (nSPS) is 11.2. The Bertz CT molecular complexity index is 1460. The number of non-ortho nitro benzene ring substituents is 1. The molecule has 0 atom stereocenters. The van der Waals surface area contributed by atoms with Gasteiger partial charge in [0.1, 0.15) is 22.9 Å². The summed E-state index contributed by atoms with van der Waals surface area (Å²) in [4.78, 5) is 25.2. The number of nitro groups is 2. The molecule has 0 spiro atoms. The van der Waals surface area contributed by atoms with Crippen molar-refractivity contribution in [1.29, 1.82) is 5.26 Å². The van der Waals surface area contributed by atoms with E-state index in [4.69, 9.17) is 20.8 Å². The van der Waals surface area contributed by atoms with Crippen LogP contribution in [0.3, 0.4) is 0 Å². The average Bonchev–Trinajstić information content (AvgIpc) is 3.23. The molecule has 1 aromatic heterocycles. The maximum atomic E-state index is 11.4. The zero-order valence-electron chi connectivity index (χ0n) is 16.5. The molecule has 10 nitrogen and oxygen atoms in total. The first-order chi connectivity index (χ1) is 15.9. The Balaban J connectivity index is 1.78. The summed E-state index contributed by atoms with van der Waals surface area (Å²) in [5.74, 6) is -0.0194. The molecule has 0 bridgehead atoms. The van der Waals surface area contributed by atoms with Gasteiger partial charge < -0.3 is 9.15 Å². The molecular weight excluding hydrogens is 452 g/mol. The molecule has 0 fully saturated rings. The lowest BCUT2D eigenvalue weighted by atomic mass is 10.1. The molecule has 11 heteroatoms. The van der Waals surface area contributed by atoms with Gasteiger partial charge in [-0.15, -0.1) is 0 Å². The third-order valence-electron chi connectivity index (χ3n) is 4.49. The van der Waals surface area contributed by atoms with Crippen LogP contribution in [0, 0.1) is 31.6 Å². The summed E-state index contributed by atoms with van der Waals surface area (Å²) < 4.78 is 11.3. The van der Waals surface area contributed by atoms with Crippen molar-refractivity contribution >= 4 is 45.7 Å². The van der Waals surface area contributed by atoms with Gasteiger partial charge in [-0.1, -0.05) is 23.7 Å². The minimum Gasteiger partial charge on any atom is -0.449 e. The third kappa shape index (κ3) is 4.48. The van der Waals surface area contributed by atoms with E-state index in [0.717, 1.165) is 18.2 Å². The quantitative estimate of drug-likeness (QED) is 0.188. The van der Waals surface area contributed by atoms with E-state index in [9.17, 15) is 25.5 Å². The molecule has 0 saturated carbocycles. The molecule has 0 aliphatic rings. The first-order valence-electron chi connectivity index (χ1n) is 9.23. The number of nitriles is 1. The number of allylic oxidation sites excluding steroid dienone is 1. The van der Waals surface area contributed by atoms with E-state index in [0.29, 0.717) is 21.7 Å². The molecule has 0 saturated heterocycles. The fraction of sp³-hybridized carbons (Fsp3) is 0. The molecule has 0 aliphatic heterocycles. The van der Waals surface area contributed by atoms with Crippen molar-refractivity contribution in [3.63, 3.8) is 0 Å². The van der Waals surface area contributed by atoms with Gasteiger partial charge in [-0.05, 0) is 42.5 Å². The number of para-hydroxylation sites is 2. The maximum Gasteiger partial charge on any atom is 0.318 e. The second kappa shape index (κ2) is 8.78. The number of hydrogen-bond donors (Lipinski definition) is 0. The highest BCUT2D eigenvalue weighted by molar-refractivity contribution is 6.30. The van der Waals surface area contributed by atoms with Crippen LogP contribution in [0.1, 0.15) is 11.5 Å². The number of halogens is 1. The second-order valence-corrected chi connectivity index (χ2v) is 7.04. The van der Waals surface area contributed by atoms with E-state index in [1.165, 1.54) is 24.3 Å². The van der Waals surface area contributed by atoms with Crippen molar-refractivity contribution in [2.24, 2.45) is 0 Å². The SMILES string of the molecule is N#C/C(=C\c1cc(Cl)ccc1Oc1ccc([N+](=O)[O-])cc1[N+](=O)[O-])c1nc2ccccc2o1. The van der Waals surface area contributed by atoms with Crippen molar-refractivity contribution in [1.82, 2.24) is 4.98 Å². The van der Waals surface area contributed by atoms with Gasteiger partial charge in [0, 0.05) is 16.7 Å². The molecule has 0 radical (unpaired) electrons. The summed E-state index contributed by atoms with van der Waals surface area (Å²) in [7, 11) is 0. The van der Waals surface area contributed by atoms with Gasteiger partial charge in [0.2, 0.25) is 11.6 Å². The number of nitrogens with zero attached hydrogens (tertiary/aromatic N) is 4. The van der Waals surface area contributed by atoms with Gasteiger partial charge in [-0.25, -0.2) is 4.98 Å². The Labute approximate surface area is 190 Å². The predicted molar refractivity (Wildman–Crippen MR) is 119 cm³/mol. The Morgan fingerprint density at radius 3 is 2.52 bits per heavy atom. The zero-order chi connectivity index (χ0) is 23.5.